The lowest BCUT2D eigenvalue weighted by molar-refractivity contribution is 0.619. The van der Waals surface area contributed by atoms with E-state index in [0.29, 0.717) is 0 Å². The lowest BCUT2D eigenvalue weighted by Gasteiger charge is -2.23. The summed E-state index contributed by atoms with van der Waals surface area (Å²) in [4.78, 5) is 0. The molecule has 1 aliphatic rings. The summed E-state index contributed by atoms with van der Waals surface area (Å²) < 4.78 is 6.50. The number of benzene rings is 6. The minimum absolute atomic E-state index is 0.162. The molecular weight excluding hydrogens is 496 g/mol. The van der Waals surface area contributed by atoms with Crippen LogP contribution in [-0.2, 0) is 5.41 Å². The van der Waals surface area contributed by atoms with Crippen molar-refractivity contribution in [2.45, 2.75) is 40.0 Å². The average molecular weight is 529 g/mol. The number of hydrogen-bond donors (Lipinski definition) is 0. The van der Waals surface area contributed by atoms with E-state index in [1.165, 1.54) is 82.6 Å². The Morgan fingerprint density at radius 1 is 0.512 bits per heavy atom. The molecule has 0 bridgehead atoms. The summed E-state index contributed by atoms with van der Waals surface area (Å²) in [6.45, 7) is 11.2. The number of rotatable bonds is 2. The maximum atomic E-state index is 6.50. The van der Waals surface area contributed by atoms with Gasteiger partial charge in [-0.2, -0.15) is 0 Å². The van der Waals surface area contributed by atoms with Gasteiger partial charge in [0.25, 0.3) is 0 Å². The van der Waals surface area contributed by atoms with E-state index in [9.17, 15) is 0 Å². The average Bonchev–Trinajstić information content (AvgIpc) is 3.43. The van der Waals surface area contributed by atoms with Crippen LogP contribution in [0.1, 0.15) is 41.7 Å². The van der Waals surface area contributed by atoms with E-state index in [1.807, 2.05) is 0 Å². The Labute approximate surface area is 241 Å². The molecular formula is C40H32O. The van der Waals surface area contributed by atoms with Gasteiger partial charge in [-0.15, -0.1) is 0 Å². The van der Waals surface area contributed by atoms with E-state index >= 15 is 0 Å². The standard InChI is InChI=1S/C40H32O/c1-23-14-17-35-33(21-23)38-39(41-35)32-16-15-26(22-34(32)40(38,4)5)36-28-10-6-8-12-30(28)37(31-13-9-7-11-29(31)36)27-19-24(2)18-25(3)20-27/h6-22H,1-5H3. The van der Waals surface area contributed by atoms with Crippen molar-refractivity contribution in [1.82, 2.24) is 0 Å². The van der Waals surface area contributed by atoms with Gasteiger partial charge in [-0.3, -0.25) is 0 Å². The smallest absolute Gasteiger partial charge is 0.139 e. The van der Waals surface area contributed by atoms with Crippen LogP contribution < -0.4 is 0 Å². The summed E-state index contributed by atoms with van der Waals surface area (Å²) >= 11 is 0. The molecule has 0 unspecified atom stereocenters. The second kappa shape index (κ2) is 8.44. The normalized spacial score (nSPS) is 13.7. The Morgan fingerprint density at radius 3 is 1.71 bits per heavy atom. The zero-order chi connectivity index (χ0) is 28.0. The van der Waals surface area contributed by atoms with Crippen LogP contribution in [0.15, 0.2) is 108 Å². The highest BCUT2D eigenvalue weighted by Crippen LogP contribution is 2.54. The summed E-state index contributed by atoms with van der Waals surface area (Å²) in [5.74, 6) is 1.03. The van der Waals surface area contributed by atoms with Gasteiger partial charge in [0, 0.05) is 21.9 Å². The van der Waals surface area contributed by atoms with Crippen molar-refractivity contribution in [3.8, 4) is 33.6 Å². The number of fused-ring (bicyclic) bond motifs is 7. The van der Waals surface area contributed by atoms with Gasteiger partial charge in [0.15, 0.2) is 0 Å². The maximum absolute atomic E-state index is 6.50. The maximum Gasteiger partial charge on any atom is 0.139 e. The molecule has 8 rings (SSSR count). The molecule has 0 spiro atoms. The van der Waals surface area contributed by atoms with Gasteiger partial charge in [0.05, 0.1) is 0 Å². The Kier molecular flexibility index (Phi) is 4.98. The van der Waals surface area contributed by atoms with Gasteiger partial charge in [-0.05, 0) is 88.3 Å². The van der Waals surface area contributed by atoms with E-state index in [4.69, 9.17) is 4.42 Å². The molecule has 0 saturated carbocycles. The lowest BCUT2D eigenvalue weighted by atomic mass is 9.79. The number of aryl methyl sites for hydroxylation is 3. The Balaban J connectivity index is 1.42. The van der Waals surface area contributed by atoms with Crippen LogP contribution in [-0.4, -0.2) is 0 Å². The monoisotopic (exact) mass is 528 g/mol. The SMILES string of the molecule is Cc1cc(C)cc(-c2c3ccccc3c(-c3ccc4c(c3)C(C)(C)c3c-4oc4ccc(C)cc34)c3ccccc23)c1. The highest BCUT2D eigenvalue weighted by Gasteiger charge is 2.40. The second-order valence-corrected chi connectivity index (χ2v) is 12.4. The van der Waals surface area contributed by atoms with Crippen molar-refractivity contribution in [2.24, 2.45) is 0 Å². The van der Waals surface area contributed by atoms with E-state index in [0.717, 1.165) is 11.3 Å². The van der Waals surface area contributed by atoms with Gasteiger partial charge >= 0.3 is 0 Å². The minimum Gasteiger partial charge on any atom is -0.456 e. The molecule has 1 nitrogen and oxygen atoms in total. The predicted octanol–water partition coefficient (Wildman–Crippen LogP) is 11.3. The molecule has 1 aromatic heterocycles. The molecule has 0 aliphatic heterocycles. The first-order chi connectivity index (χ1) is 19.8. The van der Waals surface area contributed by atoms with E-state index < -0.39 is 0 Å². The zero-order valence-corrected chi connectivity index (χ0v) is 24.2. The first-order valence-corrected chi connectivity index (χ1v) is 14.5. The summed E-state index contributed by atoms with van der Waals surface area (Å²) in [6.07, 6.45) is 0. The van der Waals surface area contributed by atoms with Crippen molar-refractivity contribution >= 4 is 32.5 Å². The lowest BCUT2D eigenvalue weighted by Crippen LogP contribution is -2.15. The fourth-order valence-electron chi connectivity index (χ4n) is 7.44. The van der Waals surface area contributed by atoms with Crippen LogP contribution in [0.4, 0.5) is 0 Å². The second-order valence-electron chi connectivity index (χ2n) is 12.4. The highest BCUT2D eigenvalue weighted by molar-refractivity contribution is 6.21. The molecule has 0 amide bonds. The largest absolute Gasteiger partial charge is 0.456 e. The molecule has 0 saturated heterocycles. The van der Waals surface area contributed by atoms with Gasteiger partial charge in [0.1, 0.15) is 11.3 Å². The molecule has 0 atom stereocenters. The van der Waals surface area contributed by atoms with Gasteiger partial charge in [-0.25, -0.2) is 0 Å². The van der Waals surface area contributed by atoms with Crippen LogP contribution in [0.2, 0.25) is 0 Å². The van der Waals surface area contributed by atoms with Gasteiger partial charge < -0.3 is 4.42 Å². The molecule has 0 N–H and O–H groups in total. The molecule has 1 heteroatoms. The molecule has 7 aromatic rings. The fraction of sp³-hybridized carbons (Fsp3) is 0.150. The summed E-state index contributed by atoms with van der Waals surface area (Å²) in [5.41, 5.74) is 13.6. The molecule has 1 heterocycles. The quantitative estimate of drug-likeness (QED) is 0.203. The summed E-state index contributed by atoms with van der Waals surface area (Å²) in [6, 6.07) is 38.3. The molecule has 0 fully saturated rings. The zero-order valence-electron chi connectivity index (χ0n) is 24.2. The first kappa shape index (κ1) is 24.2. The Hall–Kier alpha value is -4.62. The fourth-order valence-corrected chi connectivity index (χ4v) is 7.44. The number of furan rings is 1. The third-order valence-corrected chi connectivity index (χ3v) is 9.14. The summed E-state index contributed by atoms with van der Waals surface area (Å²) in [5, 5.41) is 6.39. The van der Waals surface area contributed by atoms with E-state index in [2.05, 4.69) is 138 Å². The van der Waals surface area contributed by atoms with Crippen molar-refractivity contribution in [3.63, 3.8) is 0 Å². The third-order valence-electron chi connectivity index (χ3n) is 9.14. The Bertz CT molecular complexity index is 2130. The van der Waals surface area contributed by atoms with Crippen molar-refractivity contribution in [3.05, 3.63) is 131 Å². The first-order valence-electron chi connectivity index (χ1n) is 14.5. The van der Waals surface area contributed by atoms with Crippen molar-refractivity contribution in [1.29, 1.82) is 0 Å². The predicted molar refractivity (Wildman–Crippen MR) is 174 cm³/mol. The van der Waals surface area contributed by atoms with Crippen LogP contribution in [0, 0.1) is 20.8 Å². The van der Waals surface area contributed by atoms with Gasteiger partial charge in [-0.1, -0.05) is 115 Å². The van der Waals surface area contributed by atoms with Crippen molar-refractivity contribution < 1.29 is 4.42 Å². The van der Waals surface area contributed by atoms with Gasteiger partial charge in [0.2, 0.25) is 0 Å². The van der Waals surface area contributed by atoms with Crippen LogP contribution in [0.5, 0.6) is 0 Å². The van der Waals surface area contributed by atoms with E-state index in [1.54, 1.807) is 0 Å². The van der Waals surface area contributed by atoms with Crippen molar-refractivity contribution in [2.75, 3.05) is 0 Å². The molecule has 41 heavy (non-hydrogen) atoms. The molecule has 198 valence electrons. The minimum atomic E-state index is -0.162. The molecule has 0 radical (unpaired) electrons. The summed E-state index contributed by atoms with van der Waals surface area (Å²) in [7, 11) is 0. The molecule has 6 aromatic carbocycles. The third kappa shape index (κ3) is 3.42. The topological polar surface area (TPSA) is 13.1 Å². The molecule has 1 aliphatic carbocycles. The van der Waals surface area contributed by atoms with Crippen LogP contribution in [0.25, 0.3) is 66.1 Å². The number of hydrogen-bond acceptors (Lipinski definition) is 1. The van der Waals surface area contributed by atoms with E-state index in [-0.39, 0.29) is 5.41 Å². The van der Waals surface area contributed by atoms with Crippen LogP contribution in [0.3, 0.4) is 0 Å². The Morgan fingerprint density at radius 2 is 1.10 bits per heavy atom. The van der Waals surface area contributed by atoms with Crippen LogP contribution >= 0.6 is 0 Å². The highest BCUT2D eigenvalue weighted by atomic mass is 16.3.